The molecule has 0 heterocycles. The average Bonchev–Trinajstić information content (AvgIpc) is 2.04. The summed E-state index contributed by atoms with van der Waals surface area (Å²) in [6.45, 7) is 5.99. The number of carbonyl (C=O) groups excluding carboxylic acids is 1. The lowest BCUT2D eigenvalue weighted by atomic mass is 9.83. The van der Waals surface area contributed by atoms with Crippen LogP contribution in [0.4, 0.5) is 0 Å². The van der Waals surface area contributed by atoms with Gasteiger partial charge in [-0.1, -0.05) is 20.8 Å². The minimum absolute atomic E-state index is 0.0270. The first-order chi connectivity index (χ1) is 6.44. The molecule has 0 aromatic rings. The molecule has 74 valence electrons. The van der Waals surface area contributed by atoms with Crippen molar-refractivity contribution in [2.45, 2.75) is 27.2 Å². The number of allylic oxidation sites excluding steroid dienone is 2. The van der Waals surface area contributed by atoms with Gasteiger partial charge in [-0.3, -0.25) is 0 Å². The van der Waals surface area contributed by atoms with E-state index in [2.05, 4.69) is 0 Å². The lowest BCUT2D eigenvalue weighted by Crippen LogP contribution is -2.12. The summed E-state index contributed by atoms with van der Waals surface area (Å²) in [5.74, 6) is -0.783. The number of nitrogens with zero attached hydrogens (tertiary/aromatic N) is 2. The molecule has 0 aliphatic carbocycles. The normalized spacial score (nSPS) is 13.9. The zero-order valence-corrected chi connectivity index (χ0v) is 8.74. The van der Waals surface area contributed by atoms with Crippen molar-refractivity contribution < 1.29 is 4.79 Å². The van der Waals surface area contributed by atoms with Crippen molar-refractivity contribution >= 4 is 6.29 Å². The van der Waals surface area contributed by atoms with Crippen LogP contribution >= 0.6 is 0 Å². The Morgan fingerprint density at radius 3 is 2.29 bits per heavy atom. The predicted molar refractivity (Wildman–Crippen MR) is 52.9 cm³/mol. The summed E-state index contributed by atoms with van der Waals surface area (Å²) in [5, 5.41) is 17.2. The molecule has 0 unspecified atom stereocenters. The van der Waals surface area contributed by atoms with Crippen LogP contribution in [0, 0.1) is 34.0 Å². The van der Waals surface area contributed by atoms with E-state index in [1.165, 1.54) is 6.08 Å². The fourth-order valence-corrected chi connectivity index (χ4v) is 1.15. The third-order valence-electron chi connectivity index (χ3n) is 1.66. The Hall–Kier alpha value is -1.61. The highest BCUT2D eigenvalue weighted by Crippen LogP contribution is 2.27. The maximum absolute atomic E-state index is 10.6. The Morgan fingerprint density at radius 2 is 2.00 bits per heavy atom. The molecule has 0 amide bonds. The molecule has 0 rings (SSSR count). The van der Waals surface area contributed by atoms with Crippen LogP contribution < -0.4 is 0 Å². The lowest BCUT2D eigenvalue weighted by Gasteiger charge is -2.20. The molecule has 14 heavy (non-hydrogen) atoms. The van der Waals surface area contributed by atoms with Crippen molar-refractivity contribution in [2.75, 3.05) is 0 Å². The van der Waals surface area contributed by atoms with E-state index in [0.29, 0.717) is 18.3 Å². The van der Waals surface area contributed by atoms with Gasteiger partial charge >= 0.3 is 0 Å². The Labute approximate surface area is 84.6 Å². The van der Waals surface area contributed by atoms with Crippen molar-refractivity contribution in [3.8, 4) is 12.1 Å². The minimum atomic E-state index is -0.783. The molecule has 0 aromatic carbocycles. The highest BCUT2D eigenvalue weighted by atomic mass is 16.1. The number of hydrogen-bond donors (Lipinski definition) is 0. The average molecular weight is 190 g/mol. The summed E-state index contributed by atoms with van der Waals surface area (Å²) < 4.78 is 0. The molecule has 0 saturated heterocycles. The lowest BCUT2D eigenvalue weighted by molar-refractivity contribution is -0.109. The number of rotatable bonds is 3. The van der Waals surface area contributed by atoms with E-state index in [0.717, 1.165) is 0 Å². The Morgan fingerprint density at radius 1 is 1.43 bits per heavy atom. The van der Waals surface area contributed by atoms with Crippen LogP contribution in [0.15, 0.2) is 11.6 Å². The van der Waals surface area contributed by atoms with Gasteiger partial charge in [0.2, 0.25) is 0 Å². The van der Waals surface area contributed by atoms with Crippen LogP contribution in [0.2, 0.25) is 0 Å². The van der Waals surface area contributed by atoms with Gasteiger partial charge in [-0.25, -0.2) is 0 Å². The molecule has 0 N–H and O–H groups in total. The zero-order chi connectivity index (χ0) is 11.2. The molecule has 0 radical (unpaired) electrons. The monoisotopic (exact) mass is 190 g/mol. The highest BCUT2D eigenvalue weighted by Gasteiger charge is 2.19. The first-order valence-electron chi connectivity index (χ1n) is 4.38. The smallest absolute Gasteiger partial charge is 0.141 e. The number of nitriles is 2. The first-order valence-corrected chi connectivity index (χ1v) is 4.38. The zero-order valence-electron chi connectivity index (χ0n) is 8.74. The largest absolute Gasteiger partial charge is 0.302 e. The Bertz CT molecular complexity index is 310. The quantitative estimate of drug-likeness (QED) is 0.506. The molecule has 0 aliphatic heterocycles. The summed E-state index contributed by atoms with van der Waals surface area (Å²) in [4.78, 5) is 10.6. The van der Waals surface area contributed by atoms with Crippen LogP contribution in [0.1, 0.15) is 27.2 Å². The number of aldehydes is 1. The topological polar surface area (TPSA) is 64.7 Å². The summed E-state index contributed by atoms with van der Waals surface area (Å²) in [6.07, 6.45) is 2.46. The SMILES string of the molecule is CC(C)(C)C/C(=C\C#N)[C@H](C#N)C=O. The fraction of sp³-hybridized carbons (Fsp3) is 0.545. The summed E-state index contributed by atoms with van der Waals surface area (Å²) in [5.41, 5.74) is 0.568. The molecule has 0 aliphatic rings. The van der Waals surface area contributed by atoms with E-state index in [9.17, 15) is 4.79 Å². The van der Waals surface area contributed by atoms with Gasteiger partial charge in [-0.05, 0) is 17.4 Å². The van der Waals surface area contributed by atoms with Gasteiger partial charge in [0.05, 0.1) is 12.1 Å². The van der Waals surface area contributed by atoms with E-state index in [-0.39, 0.29) is 5.41 Å². The highest BCUT2D eigenvalue weighted by molar-refractivity contribution is 5.63. The van der Waals surface area contributed by atoms with Gasteiger partial charge in [-0.2, -0.15) is 10.5 Å². The standard InChI is InChI=1S/C11H14N2O/c1-11(2,3)6-9(4-5-12)10(7-13)8-14/h4,8,10H,6H2,1-3H3/b9-4+/t10-/m1/s1. The third-order valence-corrected chi connectivity index (χ3v) is 1.66. The van der Waals surface area contributed by atoms with Crippen LogP contribution in [0.5, 0.6) is 0 Å². The van der Waals surface area contributed by atoms with E-state index in [1.807, 2.05) is 32.9 Å². The van der Waals surface area contributed by atoms with Gasteiger partial charge in [-0.15, -0.1) is 0 Å². The van der Waals surface area contributed by atoms with E-state index in [1.54, 1.807) is 0 Å². The summed E-state index contributed by atoms with van der Waals surface area (Å²) in [7, 11) is 0. The van der Waals surface area contributed by atoms with Crippen molar-refractivity contribution in [1.29, 1.82) is 10.5 Å². The molecular weight excluding hydrogens is 176 g/mol. The Kier molecular flexibility index (Phi) is 4.59. The molecule has 0 saturated carbocycles. The maximum atomic E-state index is 10.6. The second-order valence-corrected chi connectivity index (χ2v) is 4.33. The van der Waals surface area contributed by atoms with E-state index in [4.69, 9.17) is 10.5 Å². The van der Waals surface area contributed by atoms with Gasteiger partial charge < -0.3 is 4.79 Å². The van der Waals surface area contributed by atoms with Gasteiger partial charge in [0.1, 0.15) is 12.2 Å². The minimum Gasteiger partial charge on any atom is -0.302 e. The van der Waals surface area contributed by atoms with Crippen molar-refractivity contribution in [3.63, 3.8) is 0 Å². The van der Waals surface area contributed by atoms with Crippen molar-refractivity contribution in [1.82, 2.24) is 0 Å². The van der Waals surface area contributed by atoms with E-state index >= 15 is 0 Å². The first kappa shape index (κ1) is 12.4. The molecule has 3 heteroatoms. The molecule has 0 bridgehead atoms. The van der Waals surface area contributed by atoms with Gasteiger partial charge in [0, 0.05) is 6.08 Å². The molecular formula is C11H14N2O. The molecule has 1 atom stereocenters. The molecule has 0 spiro atoms. The van der Waals surface area contributed by atoms with Crippen molar-refractivity contribution in [2.24, 2.45) is 11.3 Å². The third kappa shape index (κ3) is 4.42. The number of hydrogen-bond acceptors (Lipinski definition) is 3. The Balaban J connectivity index is 4.83. The van der Waals surface area contributed by atoms with Gasteiger partial charge in [0.15, 0.2) is 0 Å². The second kappa shape index (κ2) is 5.19. The van der Waals surface area contributed by atoms with Crippen molar-refractivity contribution in [3.05, 3.63) is 11.6 Å². The van der Waals surface area contributed by atoms with Gasteiger partial charge in [0.25, 0.3) is 0 Å². The maximum Gasteiger partial charge on any atom is 0.141 e. The van der Waals surface area contributed by atoms with Crippen LogP contribution in [-0.4, -0.2) is 6.29 Å². The molecule has 0 fully saturated rings. The molecule has 3 nitrogen and oxygen atoms in total. The summed E-state index contributed by atoms with van der Waals surface area (Å²) in [6, 6.07) is 3.74. The second-order valence-electron chi connectivity index (χ2n) is 4.33. The fourth-order valence-electron chi connectivity index (χ4n) is 1.15. The van der Waals surface area contributed by atoms with Crippen LogP contribution in [-0.2, 0) is 4.79 Å². The molecule has 0 aromatic heterocycles. The number of carbonyl (C=O) groups is 1. The van der Waals surface area contributed by atoms with Crippen LogP contribution in [0.3, 0.4) is 0 Å². The summed E-state index contributed by atoms with van der Waals surface area (Å²) >= 11 is 0. The van der Waals surface area contributed by atoms with E-state index < -0.39 is 5.92 Å². The van der Waals surface area contributed by atoms with Crippen LogP contribution in [0.25, 0.3) is 0 Å². The predicted octanol–water partition coefficient (Wildman–Crippen LogP) is 2.21.